The zero-order chi connectivity index (χ0) is 13.3. The Bertz CT molecular complexity index is 459. The standard InChI is InChI=1S/C16H20N2O/c19-13-12-18(14-16-8-4-5-10-17-16)11-9-15-6-2-1-3-7-15/h1-8,10,19H,9,11-14H2. The highest BCUT2D eigenvalue weighted by molar-refractivity contribution is 5.15. The largest absolute Gasteiger partial charge is 0.395 e. The Hall–Kier alpha value is -1.71. The Balaban J connectivity index is 1.89. The van der Waals surface area contributed by atoms with E-state index in [9.17, 15) is 0 Å². The SMILES string of the molecule is OCCN(CCc1ccccc1)Cc1ccccn1. The van der Waals surface area contributed by atoms with Crippen LogP contribution in [0.4, 0.5) is 0 Å². The van der Waals surface area contributed by atoms with Crippen molar-refractivity contribution in [3.8, 4) is 0 Å². The molecule has 1 heterocycles. The molecule has 0 saturated carbocycles. The van der Waals surface area contributed by atoms with Gasteiger partial charge in [0.2, 0.25) is 0 Å². The van der Waals surface area contributed by atoms with Gasteiger partial charge in [0, 0.05) is 25.8 Å². The van der Waals surface area contributed by atoms with E-state index in [1.54, 1.807) is 0 Å². The number of nitrogens with zero attached hydrogens (tertiary/aromatic N) is 2. The Kier molecular flexibility index (Phi) is 5.53. The fraction of sp³-hybridized carbons (Fsp3) is 0.312. The molecule has 1 N–H and O–H groups in total. The van der Waals surface area contributed by atoms with E-state index in [1.807, 2.05) is 30.5 Å². The summed E-state index contributed by atoms with van der Waals surface area (Å²) in [6.45, 7) is 2.58. The van der Waals surface area contributed by atoms with Crippen molar-refractivity contribution in [2.24, 2.45) is 0 Å². The molecule has 0 aliphatic carbocycles. The Morgan fingerprint density at radius 3 is 2.42 bits per heavy atom. The van der Waals surface area contributed by atoms with E-state index in [0.29, 0.717) is 6.54 Å². The first-order valence-corrected chi connectivity index (χ1v) is 6.65. The van der Waals surface area contributed by atoms with Gasteiger partial charge in [-0.05, 0) is 24.1 Å². The van der Waals surface area contributed by atoms with E-state index in [4.69, 9.17) is 5.11 Å². The predicted molar refractivity (Wildman–Crippen MR) is 76.7 cm³/mol. The highest BCUT2D eigenvalue weighted by Gasteiger charge is 2.06. The minimum atomic E-state index is 0.182. The summed E-state index contributed by atoms with van der Waals surface area (Å²) in [5.41, 5.74) is 2.37. The second-order valence-electron chi connectivity index (χ2n) is 4.56. The van der Waals surface area contributed by atoms with Crippen LogP contribution in [-0.4, -0.2) is 34.7 Å². The van der Waals surface area contributed by atoms with Crippen LogP contribution in [0.15, 0.2) is 54.7 Å². The lowest BCUT2D eigenvalue weighted by Crippen LogP contribution is -2.29. The molecule has 0 radical (unpaired) electrons. The Morgan fingerprint density at radius 1 is 0.947 bits per heavy atom. The second kappa shape index (κ2) is 7.67. The molecule has 0 saturated heterocycles. The van der Waals surface area contributed by atoms with Crippen molar-refractivity contribution in [2.75, 3.05) is 19.7 Å². The molecule has 3 nitrogen and oxygen atoms in total. The molecule has 0 bridgehead atoms. The van der Waals surface area contributed by atoms with Crippen molar-refractivity contribution in [1.82, 2.24) is 9.88 Å². The van der Waals surface area contributed by atoms with Crippen LogP contribution in [0.25, 0.3) is 0 Å². The molecule has 0 spiro atoms. The molecule has 0 atom stereocenters. The summed E-state index contributed by atoms with van der Waals surface area (Å²) >= 11 is 0. The number of aliphatic hydroxyl groups excluding tert-OH is 1. The van der Waals surface area contributed by atoms with E-state index in [-0.39, 0.29) is 6.61 Å². The molecule has 0 aliphatic heterocycles. The lowest BCUT2D eigenvalue weighted by atomic mass is 10.1. The van der Waals surface area contributed by atoms with Crippen LogP contribution in [0.3, 0.4) is 0 Å². The molecule has 1 aromatic heterocycles. The van der Waals surface area contributed by atoms with Crippen LogP contribution in [0.2, 0.25) is 0 Å². The molecule has 3 heteroatoms. The van der Waals surface area contributed by atoms with Crippen LogP contribution in [-0.2, 0) is 13.0 Å². The molecule has 1 aromatic carbocycles. The fourth-order valence-corrected chi connectivity index (χ4v) is 2.06. The first-order chi connectivity index (χ1) is 9.38. The first-order valence-electron chi connectivity index (χ1n) is 6.65. The predicted octanol–water partition coefficient (Wildman–Crippen LogP) is 2.12. The van der Waals surface area contributed by atoms with Gasteiger partial charge in [0.1, 0.15) is 0 Å². The van der Waals surface area contributed by atoms with Crippen molar-refractivity contribution in [3.63, 3.8) is 0 Å². The number of benzene rings is 1. The maximum absolute atomic E-state index is 9.15. The van der Waals surface area contributed by atoms with Gasteiger partial charge in [-0.3, -0.25) is 9.88 Å². The smallest absolute Gasteiger partial charge is 0.0558 e. The Labute approximate surface area is 114 Å². The third kappa shape index (κ3) is 4.81. The van der Waals surface area contributed by atoms with Crippen molar-refractivity contribution in [1.29, 1.82) is 0 Å². The molecule has 19 heavy (non-hydrogen) atoms. The highest BCUT2D eigenvalue weighted by Crippen LogP contribution is 2.05. The third-order valence-electron chi connectivity index (χ3n) is 3.09. The van der Waals surface area contributed by atoms with Crippen molar-refractivity contribution < 1.29 is 5.11 Å². The zero-order valence-electron chi connectivity index (χ0n) is 11.1. The number of rotatable bonds is 7. The Morgan fingerprint density at radius 2 is 1.74 bits per heavy atom. The second-order valence-corrected chi connectivity index (χ2v) is 4.56. The molecule has 0 amide bonds. The molecular formula is C16H20N2O. The van der Waals surface area contributed by atoms with E-state index < -0.39 is 0 Å². The van der Waals surface area contributed by atoms with Gasteiger partial charge < -0.3 is 5.11 Å². The molecule has 100 valence electrons. The van der Waals surface area contributed by atoms with Crippen LogP contribution in [0.1, 0.15) is 11.3 Å². The maximum atomic E-state index is 9.15. The third-order valence-corrected chi connectivity index (χ3v) is 3.09. The van der Waals surface area contributed by atoms with Crippen LogP contribution < -0.4 is 0 Å². The average Bonchev–Trinajstić information content (AvgIpc) is 2.47. The van der Waals surface area contributed by atoms with Gasteiger partial charge in [-0.2, -0.15) is 0 Å². The van der Waals surface area contributed by atoms with Crippen LogP contribution in [0.5, 0.6) is 0 Å². The van der Waals surface area contributed by atoms with Gasteiger partial charge in [-0.15, -0.1) is 0 Å². The summed E-state index contributed by atoms with van der Waals surface area (Å²) in [5, 5.41) is 9.15. The molecule has 2 aromatic rings. The van der Waals surface area contributed by atoms with E-state index in [2.05, 4.69) is 34.1 Å². The number of aliphatic hydroxyl groups is 1. The van der Waals surface area contributed by atoms with Gasteiger partial charge >= 0.3 is 0 Å². The molecule has 0 unspecified atom stereocenters. The molecule has 0 fully saturated rings. The quantitative estimate of drug-likeness (QED) is 0.824. The van der Waals surface area contributed by atoms with E-state index in [1.165, 1.54) is 5.56 Å². The zero-order valence-corrected chi connectivity index (χ0v) is 11.1. The maximum Gasteiger partial charge on any atom is 0.0558 e. The van der Waals surface area contributed by atoms with Gasteiger partial charge in [0.15, 0.2) is 0 Å². The van der Waals surface area contributed by atoms with Gasteiger partial charge in [0.05, 0.1) is 12.3 Å². The van der Waals surface area contributed by atoms with Crippen LogP contribution >= 0.6 is 0 Å². The van der Waals surface area contributed by atoms with Crippen molar-refractivity contribution in [3.05, 3.63) is 66.0 Å². The van der Waals surface area contributed by atoms with E-state index in [0.717, 1.165) is 25.2 Å². The summed E-state index contributed by atoms with van der Waals surface area (Å²) in [5.74, 6) is 0. The van der Waals surface area contributed by atoms with Gasteiger partial charge in [-0.25, -0.2) is 0 Å². The van der Waals surface area contributed by atoms with E-state index >= 15 is 0 Å². The molecule has 0 aliphatic rings. The minimum Gasteiger partial charge on any atom is -0.395 e. The summed E-state index contributed by atoms with van der Waals surface area (Å²) in [6, 6.07) is 16.4. The normalized spacial score (nSPS) is 10.8. The topological polar surface area (TPSA) is 36.4 Å². The number of aromatic nitrogens is 1. The monoisotopic (exact) mass is 256 g/mol. The summed E-state index contributed by atoms with van der Waals surface area (Å²) in [6.07, 6.45) is 2.80. The van der Waals surface area contributed by atoms with Crippen LogP contribution in [0, 0.1) is 0 Å². The van der Waals surface area contributed by atoms with Gasteiger partial charge in [0.25, 0.3) is 0 Å². The van der Waals surface area contributed by atoms with Gasteiger partial charge in [-0.1, -0.05) is 36.4 Å². The first kappa shape index (κ1) is 13.7. The molecule has 2 rings (SSSR count). The lowest BCUT2D eigenvalue weighted by molar-refractivity contribution is 0.190. The summed E-state index contributed by atoms with van der Waals surface area (Å²) in [7, 11) is 0. The summed E-state index contributed by atoms with van der Waals surface area (Å²) in [4.78, 5) is 6.56. The molecular weight excluding hydrogens is 236 g/mol. The number of pyridine rings is 1. The average molecular weight is 256 g/mol. The minimum absolute atomic E-state index is 0.182. The number of hydrogen-bond acceptors (Lipinski definition) is 3. The highest BCUT2D eigenvalue weighted by atomic mass is 16.3. The number of hydrogen-bond donors (Lipinski definition) is 1. The summed E-state index contributed by atoms with van der Waals surface area (Å²) < 4.78 is 0. The van der Waals surface area contributed by atoms with Crippen molar-refractivity contribution in [2.45, 2.75) is 13.0 Å². The lowest BCUT2D eigenvalue weighted by Gasteiger charge is -2.20. The van der Waals surface area contributed by atoms with Crippen molar-refractivity contribution >= 4 is 0 Å². The fourth-order valence-electron chi connectivity index (χ4n) is 2.06.